The van der Waals surface area contributed by atoms with E-state index in [0.717, 1.165) is 5.41 Å². The first kappa shape index (κ1) is 15.7. The Kier molecular flexibility index (Phi) is 3.73. The predicted molar refractivity (Wildman–Crippen MR) is 85.4 cm³/mol. The number of sulfonamides is 1. The minimum atomic E-state index is -3.47. The summed E-state index contributed by atoms with van der Waals surface area (Å²) in [5.74, 6) is 0.377. The molecule has 0 radical (unpaired) electrons. The van der Waals surface area contributed by atoms with E-state index in [2.05, 4.69) is 16.9 Å². The van der Waals surface area contributed by atoms with Crippen molar-refractivity contribution in [3.8, 4) is 5.75 Å². The van der Waals surface area contributed by atoms with Gasteiger partial charge in [-0.3, -0.25) is 9.79 Å². The fourth-order valence-corrected chi connectivity index (χ4v) is 3.73. The minimum Gasteiger partial charge on any atom is -0.508 e. The third kappa shape index (κ3) is 2.75. The number of phenols is 1. The van der Waals surface area contributed by atoms with Crippen molar-refractivity contribution >= 4 is 21.8 Å². The molecule has 23 heavy (non-hydrogen) atoms. The van der Waals surface area contributed by atoms with Crippen LogP contribution in [0.2, 0.25) is 0 Å². The van der Waals surface area contributed by atoms with Crippen molar-refractivity contribution in [1.29, 1.82) is 0 Å². The third-order valence-electron chi connectivity index (χ3n) is 4.24. The zero-order valence-electron chi connectivity index (χ0n) is 12.4. The van der Waals surface area contributed by atoms with Crippen LogP contribution in [0.15, 0.2) is 41.2 Å². The average Bonchev–Trinajstić information content (AvgIpc) is 2.85. The smallest absolute Gasteiger partial charge is 0.253 e. The van der Waals surface area contributed by atoms with E-state index in [9.17, 15) is 18.3 Å². The maximum Gasteiger partial charge on any atom is 0.253 e. The van der Waals surface area contributed by atoms with Crippen LogP contribution in [-0.4, -0.2) is 48.2 Å². The van der Waals surface area contributed by atoms with Gasteiger partial charge in [-0.1, -0.05) is 6.58 Å². The van der Waals surface area contributed by atoms with Crippen LogP contribution in [0.1, 0.15) is 18.4 Å². The van der Waals surface area contributed by atoms with E-state index in [1.807, 2.05) is 0 Å². The van der Waals surface area contributed by atoms with Crippen molar-refractivity contribution in [2.24, 2.45) is 4.99 Å². The van der Waals surface area contributed by atoms with E-state index >= 15 is 0 Å². The molecule has 0 atom stereocenters. The molecule has 1 amide bonds. The number of nitrogens with one attached hydrogen (secondary N) is 1. The number of hydrogen-bond donors (Lipinski definition) is 2. The molecule has 0 aromatic heterocycles. The molecule has 1 saturated heterocycles. The number of piperidine rings is 1. The Morgan fingerprint density at radius 2 is 1.87 bits per heavy atom. The molecule has 1 spiro atoms. The molecule has 0 bridgehead atoms. The van der Waals surface area contributed by atoms with Gasteiger partial charge in [0.15, 0.2) is 0 Å². The summed E-state index contributed by atoms with van der Waals surface area (Å²) in [6.07, 6.45) is 0.654. The molecule has 2 N–H and O–H groups in total. The predicted octanol–water partition coefficient (Wildman–Crippen LogP) is 0.576. The number of amidine groups is 1. The Hall–Kier alpha value is -2.19. The van der Waals surface area contributed by atoms with Gasteiger partial charge in [0.1, 0.15) is 17.1 Å². The molecule has 0 saturated carbocycles. The third-order valence-corrected chi connectivity index (χ3v) is 5.75. The Balaban J connectivity index is 1.82. The lowest BCUT2D eigenvalue weighted by atomic mass is 9.89. The lowest BCUT2D eigenvalue weighted by Gasteiger charge is -2.33. The first-order valence-corrected chi connectivity index (χ1v) is 8.70. The van der Waals surface area contributed by atoms with Crippen LogP contribution in [0, 0.1) is 0 Å². The van der Waals surface area contributed by atoms with E-state index in [1.165, 1.54) is 16.4 Å². The zero-order chi connectivity index (χ0) is 16.7. The largest absolute Gasteiger partial charge is 0.508 e. The summed E-state index contributed by atoms with van der Waals surface area (Å²) in [5, 5.41) is 13.0. The van der Waals surface area contributed by atoms with Gasteiger partial charge in [-0.15, -0.1) is 0 Å². The molecule has 122 valence electrons. The highest BCUT2D eigenvalue weighted by molar-refractivity contribution is 7.92. The van der Waals surface area contributed by atoms with Crippen LogP contribution >= 0.6 is 0 Å². The number of nitrogens with zero attached hydrogens (tertiary/aromatic N) is 2. The highest BCUT2D eigenvalue weighted by Crippen LogP contribution is 2.32. The number of amides is 1. The van der Waals surface area contributed by atoms with Crippen LogP contribution < -0.4 is 5.32 Å². The molecule has 3 rings (SSSR count). The van der Waals surface area contributed by atoms with Gasteiger partial charge < -0.3 is 10.4 Å². The van der Waals surface area contributed by atoms with E-state index in [4.69, 9.17) is 0 Å². The number of phenolic OH excluding ortho intramolecular Hbond substituents is 1. The Labute approximate surface area is 134 Å². The van der Waals surface area contributed by atoms with Gasteiger partial charge in [-0.25, -0.2) is 8.42 Å². The molecule has 2 heterocycles. The fourth-order valence-electron chi connectivity index (χ4n) is 2.83. The number of carbonyl (C=O) groups excluding carboxylic acids is 1. The SMILES string of the molecule is C=CS(=O)(=O)N1CCC2(CC1)N=C(c1ccc(O)cc1)NC2=O. The van der Waals surface area contributed by atoms with Crippen LogP contribution in [0.25, 0.3) is 0 Å². The van der Waals surface area contributed by atoms with E-state index in [0.29, 0.717) is 24.2 Å². The van der Waals surface area contributed by atoms with Crippen molar-refractivity contribution in [2.75, 3.05) is 13.1 Å². The number of hydrogen-bond acceptors (Lipinski definition) is 5. The monoisotopic (exact) mass is 335 g/mol. The molecule has 2 aliphatic rings. The molecule has 1 aromatic carbocycles. The highest BCUT2D eigenvalue weighted by atomic mass is 32.2. The molecule has 8 heteroatoms. The van der Waals surface area contributed by atoms with Crippen molar-refractivity contribution in [1.82, 2.24) is 9.62 Å². The Morgan fingerprint density at radius 1 is 1.26 bits per heavy atom. The van der Waals surface area contributed by atoms with E-state index < -0.39 is 15.6 Å². The van der Waals surface area contributed by atoms with Crippen LogP contribution in [0.3, 0.4) is 0 Å². The standard InChI is InChI=1S/C15H17N3O4S/c1-2-23(21,22)18-9-7-15(8-10-18)14(20)16-13(17-15)11-3-5-12(19)6-4-11/h2-6,19H,1,7-10H2,(H,16,17,20). The summed E-state index contributed by atoms with van der Waals surface area (Å²) in [4.78, 5) is 16.9. The van der Waals surface area contributed by atoms with Crippen LogP contribution in [-0.2, 0) is 14.8 Å². The maximum absolute atomic E-state index is 12.4. The van der Waals surface area contributed by atoms with E-state index in [-0.39, 0.29) is 24.7 Å². The van der Waals surface area contributed by atoms with Gasteiger partial charge >= 0.3 is 0 Å². The second kappa shape index (κ2) is 5.47. The average molecular weight is 335 g/mol. The van der Waals surface area contributed by atoms with Crippen LogP contribution in [0.5, 0.6) is 5.75 Å². The maximum atomic E-state index is 12.4. The Bertz CT molecular complexity index is 775. The zero-order valence-corrected chi connectivity index (χ0v) is 13.2. The minimum absolute atomic E-state index is 0.135. The van der Waals surface area contributed by atoms with Gasteiger partial charge in [-0.05, 0) is 37.1 Å². The molecule has 0 aliphatic carbocycles. The van der Waals surface area contributed by atoms with Crippen molar-refractivity contribution < 1.29 is 18.3 Å². The summed E-state index contributed by atoms with van der Waals surface area (Å²) in [6, 6.07) is 6.39. The second-order valence-corrected chi connectivity index (χ2v) is 7.48. The molecule has 0 unspecified atom stereocenters. The summed E-state index contributed by atoms with van der Waals surface area (Å²) < 4.78 is 24.9. The first-order valence-electron chi connectivity index (χ1n) is 7.20. The fraction of sp³-hybridized carbons (Fsp3) is 0.333. The van der Waals surface area contributed by atoms with Gasteiger partial charge in [-0.2, -0.15) is 4.31 Å². The summed E-state index contributed by atoms with van der Waals surface area (Å²) in [5.41, 5.74) is -0.213. The summed E-state index contributed by atoms with van der Waals surface area (Å²) >= 11 is 0. The van der Waals surface area contributed by atoms with Gasteiger partial charge in [0.25, 0.3) is 5.91 Å². The summed E-state index contributed by atoms with van der Waals surface area (Å²) in [6.45, 7) is 3.77. The quantitative estimate of drug-likeness (QED) is 0.844. The number of aromatic hydroxyl groups is 1. The normalized spacial score (nSPS) is 21.0. The number of benzene rings is 1. The molecule has 1 fully saturated rings. The molecular formula is C15H17N3O4S. The van der Waals surface area contributed by atoms with Crippen molar-refractivity contribution in [3.63, 3.8) is 0 Å². The Morgan fingerprint density at radius 3 is 2.43 bits per heavy atom. The van der Waals surface area contributed by atoms with Crippen molar-refractivity contribution in [2.45, 2.75) is 18.4 Å². The molecule has 1 aromatic rings. The number of carbonyl (C=O) groups is 1. The molecular weight excluding hydrogens is 318 g/mol. The molecule has 2 aliphatic heterocycles. The topological polar surface area (TPSA) is 99.1 Å². The van der Waals surface area contributed by atoms with Crippen molar-refractivity contribution in [3.05, 3.63) is 41.8 Å². The second-order valence-electron chi connectivity index (χ2n) is 5.60. The number of rotatable bonds is 3. The number of aliphatic imine (C=N–C) groups is 1. The van der Waals surface area contributed by atoms with Gasteiger partial charge in [0, 0.05) is 24.1 Å². The lowest BCUT2D eigenvalue weighted by Crippen LogP contribution is -2.50. The van der Waals surface area contributed by atoms with Gasteiger partial charge in [0.05, 0.1) is 0 Å². The summed E-state index contributed by atoms with van der Waals surface area (Å²) in [7, 11) is -3.47. The van der Waals surface area contributed by atoms with Crippen LogP contribution in [0.4, 0.5) is 0 Å². The highest BCUT2D eigenvalue weighted by Gasteiger charge is 2.47. The lowest BCUT2D eigenvalue weighted by molar-refractivity contribution is -0.124. The molecule has 7 nitrogen and oxygen atoms in total. The van der Waals surface area contributed by atoms with E-state index in [1.54, 1.807) is 12.1 Å². The first-order chi connectivity index (χ1) is 10.9. The van der Waals surface area contributed by atoms with Gasteiger partial charge in [0.2, 0.25) is 10.0 Å².